The Labute approximate surface area is 122 Å². The number of hydrogen-bond acceptors (Lipinski definition) is 2. The average Bonchev–Trinajstić information content (AvgIpc) is 2.25. The highest BCUT2D eigenvalue weighted by molar-refractivity contribution is 6.00. The lowest BCUT2D eigenvalue weighted by Crippen LogP contribution is -2.35. The molecule has 0 aromatic heterocycles. The third kappa shape index (κ3) is 3.41. The van der Waals surface area contributed by atoms with Crippen molar-refractivity contribution in [3.8, 4) is 0 Å². The van der Waals surface area contributed by atoms with E-state index >= 15 is 0 Å². The van der Waals surface area contributed by atoms with Gasteiger partial charge in [-0.25, -0.2) is 0 Å². The van der Waals surface area contributed by atoms with E-state index in [0.29, 0.717) is 6.42 Å². The van der Waals surface area contributed by atoms with Crippen LogP contribution in [0.15, 0.2) is 35.1 Å². The number of carbonyl (C=O) groups excluding carboxylic acids is 1. The quantitative estimate of drug-likeness (QED) is 0.696. The first kappa shape index (κ1) is 15.1. The Balaban J connectivity index is 2.17. The van der Waals surface area contributed by atoms with Gasteiger partial charge < -0.3 is 4.74 Å². The molecule has 2 aliphatic rings. The molecule has 110 valence electrons. The molecule has 2 heteroatoms. The van der Waals surface area contributed by atoms with Gasteiger partial charge in [0.05, 0.1) is 5.57 Å². The van der Waals surface area contributed by atoms with Crippen molar-refractivity contribution in [2.24, 2.45) is 5.41 Å². The zero-order chi connectivity index (χ0) is 15.0. The van der Waals surface area contributed by atoms with Crippen molar-refractivity contribution in [2.45, 2.75) is 65.9 Å². The van der Waals surface area contributed by atoms with Crippen LogP contribution in [0.25, 0.3) is 0 Å². The summed E-state index contributed by atoms with van der Waals surface area (Å²) >= 11 is 0. The highest BCUT2D eigenvalue weighted by atomic mass is 16.5. The summed E-state index contributed by atoms with van der Waals surface area (Å²) in [4.78, 5) is 12.2. The van der Waals surface area contributed by atoms with E-state index in [2.05, 4.69) is 52.8 Å². The zero-order valence-corrected chi connectivity index (χ0v) is 13.4. The highest BCUT2D eigenvalue weighted by Gasteiger charge is 2.38. The van der Waals surface area contributed by atoms with Crippen LogP contribution in [0, 0.1) is 5.41 Å². The van der Waals surface area contributed by atoms with E-state index in [1.807, 2.05) is 0 Å². The predicted molar refractivity (Wildman–Crippen MR) is 82.3 cm³/mol. The number of fused-ring (bicyclic) bond motifs is 1. The van der Waals surface area contributed by atoms with Gasteiger partial charge in [0.1, 0.15) is 11.4 Å². The molecule has 1 unspecified atom stereocenters. The number of allylic oxidation sites excluding steroid dienone is 4. The molecule has 0 saturated carbocycles. The summed E-state index contributed by atoms with van der Waals surface area (Å²) in [6.45, 7) is 10.6. The van der Waals surface area contributed by atoms with Crippen molar-refractivity contribution in [1.29, 1.82) is 0 Å². The lowest BCUT2D eigenvalue weighted by atomic mass is 9.77. The molecule has 0 N–H and O–H groups in total. The van der Waals surface area contributed by atoms with Crippen LogP contribution in [-0.4, -0.2) is 11.4 Å². The molecule has 0 fully saturated rings. The van der Waals surface area contributed by atoms with Crippen LogP contribution in [-0.2, 0) is 9.53 Å². The fourth-order valence-corrected chi connectivity index (χ4v) is 2.87. The third-order valence-electron chi connectivity index (χ3n) is 4.02. The Morgan fingerprint density at radius 3 is 2.70 bits per heavy atom. The summed E-state index contributed by atoms with van der Waals surface area (Å²) in [7, 11) is 0. The van der Waals surface area contributed by atoms with Gasteiger partial charge in [0.25, 0.3) is 0 Å². The second kappa shape index (κ2) is 5.23. The Morgan fingerprint density at radius 2 is 2.05 bits per heavy atom. The summed E-state index contributed by atoms with van der Waals surface area (Å²) in [5, 5.41) is 0. The first-order valence-electron chi connectivity index (χ1n) is 7.50. The lowest BCUT2D eigenvalue weighted by Gasteiger charge is -2.39. The number of hydrogen-bond donors (Lipinski definition) is 0. The van der Waals surface area contributed by atoms with E-state index in [1.165, 1.54) is 5.57 Å². The van der Waals surface area contributed by atoms with E-state index < -0.39 is 0 Å². The van der Waals surface area contributed by atoms with Crippen LogP contribution >= 0.6 is 0 Å². The number of ether oxygens (including phenoxy) is 1. The van der Waals surface area contributed by atoms with Crippen molar-refractivity contribution in [3.63, 3.8) is 0 Å². The number of rotatable bonds is 3. The van der Waals surface area contributed by atoms with Gasteiger partial charge in [0.2, 0.25) is 0 Å². The van der Waals surface area contributed by atoms with Gasteiger partial charge in [0, 0.05) is 12.8 Å². The first-order chi connectivity index (χ1) is 9.21. The molecule has 0 aromatic rings. The van der Waals surface area contributed by atoms with Gasteiger partial charge in [-0.15, -0.1) is 0 Å². The largest absolute Gasteiger partial charge is 0.487 e. The van der Waals surface area contributed by atoms with Crippen LogP contribution in [0.3, 0.4) is 0 Å². The molecule has 0 radical (unpaired) electrons. The second-order valence-corrected chi connectivity index (χ2v) is 7.29. The molecule has 1 aliphatic heterocycles. The molecule has 0 amide bonds. The zero-order valence-electron chi connectivity index (χ0n) is 13.4. The molecule has 1 aliphatic carbocycles. The second-order valence-electron chi connectivity index (χ2n) is 7.29. The predicted octanol–water partition coefficient (Wildman–Crippen LogP) is 4.72. The Bertz CT molecular complexity index is 502. The van der Waals surface area contributed by atoms with Crippen LogP contribution in [0.1, 0.15) is 60.3 Å². The first-order valence-corrected chi connectivity index (χ1v) is 7.50. The Morgan fingerprint density at radius 1 is 1.35 bits per heavy atom. The molecule has 2 rings (SSSR count). The monoisotopic (exact) mass is 274 g/mol. The molecule has 0 spiro atoms. The van der Waals surface area contributed by atoms with Crippen molar-refractivity contribution < 1.29 is 9.53 Å². The van der Waals surface area contributed by atoms with Gasteiger partial charge in [0.15, 0.2) is 5.78 Å². The highest BCUT2D eigenvalue weighted by Crippen LogP contribution is 2.41. The van der Waals surface area contributed by atoms with E-state index in [0.717, 1.165) is 30.6 Å². The summed E-state index contributed by atoms with van der Waals surface area (Å²) < 4.78 is 6.21. The van der Waals surface area contributed by atoms with E-state index in [4.69, 9.17) is 4.74 Å². The van der Waals surface area contributed by atoms with Crippen LogP contribution in [0.5, 0.6) is 0 Å². The Kier molecular flexibility index (Phi) is 3.95. The Hall–Kier alpha value is -1.31. The molecule has 0 aromatic carbocycles. The molecule has 1 heterocycles. The molecule has 1 atom stereocenters. The maximum absolute atomic E-state index is 12.2. The normalized spacial score (nSPS) is 27.9. The topological polar surface area (TPSA) is 26.3 Å². The van der Waals surface area contributed by atoms with Crippen molar-refractivity contribution >= 4 is 5.78 Å². The standard InChI is InChI=1S/C18H26O2/c1-13(2)7-6-9-18(5)10-8-14-15(19)11-17(3,4)12-16(14)20-18/h7-8,12H,6,9-11H2,1-5H3. The number of ketones is 1. The average molecular weight is 274 g/mol. The van der Waals surface area contributed by atoms with Gasteiger partial charge in [-0.1, -0.05) is 31.6 Å². The minimum Gasteiger partial charge on any atom is -0.487 e. The molecule has 2 nitrogen and oxygen atoms in total. The summed E-state index contributed by atoms with van der Waals surface area (Å²) in [5.41, 5.74) is 1.86. The number of Topliss-reactive ketones (excluding diaryl/α,β-unsaturated/α-hetero) is 1. The fourth-order valence-electron chi connectivity index (χ4n) is 2.87. The van der Waals surface area contributed by atoms with Crippen LogP contribution in [0.2, 0.25) is 0 Å². The van der Waals surface area contributed by atoms with E-state index in [1.54, 1.807) is 0 Å². The fraction of sp³-hybridized carbons (Fsp3) is 0.611. The van der Waals surface area contributed by atoms with Crippen LogP contribution in [0.4, 0.5) is 0 Å². The van der Waals surface area contributed by atoms with Crippen LogP contribution < -0.4 is 0 Å². The third-order valence-corrected chi connectivity index (χ3v) is 4.02. The molecule has 0 bridgehead atoms. The van der Waals surface area contributed by atoms with Gasteiger partial charge in [-0.05, 0) is 45.1 Å². The lowest BCUT2D eigenvalue weighted by molar-refractivity contribution is -0.118. The maximum Gasteiger partial charge on any atom is 0.167 e. The summed E-state index contributed by atoms with van der Waals surface area (Å²) in [5.74, 6) is 1.02. The smallest absolute Gasteiger partial charge is 0.167 e. The van der Waals surface area contributed by atoms with Crippen molar-refractivity contribution in [3.05, 3.63) is 35.1 Å². The minimum absolute atomic E-state index is 0.0953. The summed E-state index contributed by atoms with van der Waals surface area (Å²) in [6, 6.07) is 0. The molecule has 20 heavy (non-hydrogen) atoms. The van der Waals surface area contributed by atoms with E-state index in [9.17, 15) is 4.79 Å². The van der Waals surface area contributed by atoms with E-state index in [-0.39, 0.29) is 16.8 Å². The molecular formula is C18H26O2. The number of carbonyl (C=O) groups is 1. The van der Waals surface area contributed by atoms with Crippen molar-refractivity contribution in [2.75, 3.05) is 0 Å². The maximum atomic E-state index is 12.2. The van der Waals surface area contributed by atoms with Gasteiger partial charge in [-0.3, -0.25) is 4.79 Å². The van der Waals surface area contributed by atoms with Crippen molar-refractivity contribution in [1.82, 2.24) is 0 Å². The SMILES string of the molecule is CC(C)=CCCC1(C)CC=C2C(=O)CC(C)(C)C=C2O1. The molecule has 0 saturated heterocycles. The molecular weight excluding hydrogens is 248 g/mol. The van der Waals surface area contributed by atoms with Gasteiger partial charge >= 0.3 is 0 Å². The van der Waals surface area contributed by atoms with Gasteiger partial charge in [-0.2, -0.15) is 0 Å². The summed E-state index contributed by atoms with van der Waals surface area (Å²) in [6.07, 6.45) is 9.86. The minimum atomic E-state index is -0.186.